The van der Waals surface area contributed by atoms with E-state index >= 15 is 0 Å². The average Bonchev–Trinajstić information content (AvgIpc) is 2.66. The second-order valence-electron chi connectivity index (χ2n) is 5.77. The van der Waals surface area contributed by atoms with Crippen molar-refractivity contribution in [3.8, 4) is 17.3 Å². The molecule has 0 aliphatic rings. The van der Waals surface area contributed by atoms with Gasteiger partial charge in [0.05, 0.1) is 10.7 Å². The molecular weight excluding hydrogens is 401 g/mol. The maximum Gasteiger partial charge on any atom is 0.270 e. The summed E-state index contributed by atoms with van der Waals surface area (Å²) < 4.78 is 0. The Bertz CT molecular complexity index is 1050. The molecule has 0 spiro atoms. The minimum absolute atomic E-state index is 0.0622. The van der Waals surface area contributed by atoms with Crippen LogP contribution in [0.5, 0.6) is 0 Å². The van der Waals surface area contributed by atoms with E-state index in [1.807, 2.05) is 24.3 Å². The zero-order valence-corrected chi connectivity index (χ0v) is 16.5. The molecule has 0 amide bonds. The van der Waals surface area contributed by atoms with E-state index in [2.05, 4.69) is 22.1 Å². The lowest BCUT2D eigenvalue weighted by Gasteiger charge is -2.08. The van der Waals surface area contributed by atoms with Gasteiger partial charge in [0.2, 0.25) is 0 Å². The number of halogens is 2. The van der Waals surface area contributed by atoms with E-state index in [1.54, 1.807) is 18.2 Å². The molecule has 2 aromatic carbocycles. The highest BCUT2D eigenvalue weighted by atomic mass is 35.5. The molecule has 0 fully saturated rings. The number of H-pyrrole nitrogens is 1. The van der Waals surface area contributed by atoms with Gasteiger partial charge in [-0.25, -0.2) is 4.98 Å². The lowest BCUT2D eigenvalue weighted by molar-refractivity contribution is 0.908. The van der Waals surface area contributed by atoms with Gasteiger partial charge in [0.25, 0.3) is 5.56 Å². The van der Waals surface area contributed by atoms with Crippen LogP contribution in [-0.2, 0) is 6.42 Å². The van der Waals surface area contributed by atoms with E-state index in [-0.39, 0.29) is 11.3 Å². The number of rotatable bonds is 6. The first-order chi connectivity index (χ1) is 13.1. The zero-order valence-electron chi connectivity index (χ0n) is 14.2. The number of aromatic amines is 1. The fourth-order valence-electron chi connectivity index (χ4n) is 2.59. The van der Waals surface area contributed by atoms with E-state index in [1.165, 1.54) is 17.3 Å². The number of benzene rings is 2. The monoisotopic (exact) mass is 415 g/mol. The molecule has 3 rings (SSSR count). The van der Waals surface area contributed by atoms with Gasteiger partial charge < -0.3 is 4.98 Å². The fourth-order valence-corrected chi connectivity index (χ4v) is 3.89. The lowest BCUT2D eigenvalue weighted by Crippen LogP contribution is -2.15. The fraction of sp³-hybridized carbons (Fsp3) is 0.150. The van der Waals surface area contributed by atoms with Crippen molar-refractivity contribution in [2.75, 3.05) is 5.75 Å². The standard InChI is InChI=1S/C20H15Cl2N3OS/c21-14-8-9-15(17(22)11-14)18-16(12-23)19(26)25-20(24-18)27-10-4-7-13-5-2-1-3-6-13/h1-3,5-6,8-9,11H,4,7,10H2,(H,24,25,26). The molecule has 1 aromatic heterocycles. The minimum atomic E-state index is -0.473. The van der Waals surface area contributed by atoms with Gasteiger partial charge >= 0.3 is 0 Å². The summed E-state index contributed by atoms with van der Waals surface area (Å²) in [5, 5.41) is 10.6. The molecule has 0 atom stereocenters. The smallest absolute Gasteiger partial charge is 0.270 e. The number of hydrogen-bond donors (Lipinski definition) is 1. The number of hydrogen-bond acceptors (Lipinski definition) is 4. The van der Waals surface area contributed by atoms with Gasteiger partial charge in [-0.1, -0.05) is 65.3 Å². The topological polar surface area (TPSA) is 69.5 Å². The molecule has 0 bridgehead atoms. The highest BCUT2D eigenvalue weighted by Crippen LogP contribution is 2.31. The third-order valence-electron chi connectivity index (χ3n) is 3.89. The molecule has 1 heterocycles. The first-order valence-corrected chi connectivity index (χ1v) is 9.99. The van der Waals surface area contributed by atoms with Crippen molar-refractivity contribution in [1.82, 2.24) is 9.97 Å². The summed E-state index contributed by atoms with van der Waals surface area (Å²) in [5.74, 6) is 0.789. The average molecular weight is 416 g/mol. The summed E-state index contributed by atoms with van der Waals surface area (Å²) in [6, 6.07) is 17.0. The van der Waals surface area contributed by atoms with Crippen LogP contribution in [0.15, 0.2) is 58.5 Å². The Balaban J connectivity index is 1.80. The van der Waals surface area contributed by atoms with Crippen molar-refractivity contribution in [1.29, 1.82) is 5.26 Å². The SMILES string of the molecule is N#Cc1c(-c2ccc(Cl)cc2Cl)nc(SCCCc2ccccc2)[nH]c1=O. The van der Waals surface area contributed by atoms with Crippen molar-refractivity contribution in [2.45, 2.75) is 18.0 Å². The summed E-state index contributed by atoms with van der Waals surface area (Å²) in [5.41, 5.74) is 1.52. The summed E-state index contributed by atoms with van der Waals surface area (Å²) in [6.07, 6.45) is 1.89. The van der Waals surface area contributed by atoms with Gasteiger partial charge in [0.1, 0.15) is 11.6 Å². The van der Waals surface area contributed by atoms with Crippen molar-refractivity contribution >= 4 is 35.0 Å². The van der Waals surface area contributed by atoms with E-state index in [4.69, 9.17) is 23.2 Å². The highest BCUT2D eigenvalue weighted by molar-refractivity contribution is 7.99. The van der Waals surface area contributed by atoms with Crippen LogP contribution < -0.4 is 5.56 Å². The Morgan fingerprint density at radius 3 is 2.63 bits per heavy atom. The van der Waals surface area contributed by atoms with Crippen molar-refractivity contribution in [2.24, 2.45) is 0 Å². The largest absolute Gasteiger partial charge is 0.300 e. The van der Waals surface area contributed by atoms with Gasteiger partial charge in [-0.05, 0) is 36.6 Å². The van der Waals surface area contributed by atoms with Crippen LogP contribution in [0.1, 0.15) is 17.5 Å². The number of aromatic nitrogens is 2. The van der Waals surface area contributed by atoms with Gasteiger partial charge in [-0.15, -0.1) is 0 Å². The predicted molar refractivity (Wildman–Crippen MR) is 111 cm³/mol. The molecule has 0 aliphatic carbocycles. The normalized spacial score (nSPS) is 10.6. The van der Waals surface area contributed by atoms with E-state index < -0.39 is 5.56 Å². The maximum atomic E-state index is 12.3. The van der Waals surface area contributed by atoms with Crippen molar-refractivity contribution in [3.05, 3.63) is 80.1 Å². The van der Waals surface area contributed by atoms with Crippen LogP contribution in [0.2, 0.25) is 10.0 Å². The minimum Gasteiger partial charge on any atom is -0.300 e. The molecule has 0 aliphatic heterocycles. The molecule has 0 radical (unpaired) electrons. The molecule has 1 N–H and O–H groups in total. The van der Waals surface area contributed by atoms with Crippen LogP contribution in [0.4, 0.5) is 0 Å². The van der Waals surface area contributed by atoms with Gasteiger partial charge in [-0.3, -0.25) is 4.79 Å². The molecular formula is C20H15Cl2N3OS. The van der Waals surface area contributed by atoms with Crippen LogP contribution >= 0.6 is 35.0 Å². The number of nitriles is 1. The molecule has 3 aromatic rings. The second-order valence-corrected chi connectivity index (χ2v) is 7.70. The van der Waals surface area contributed by atoms with Crippen LogP contribution in [0.25, 0.3) is 11.3 Å². The molecule has 7 heteroatoms. The van der Waals surface area contributed by atoms with Gasteiger partial charge in [-0.2, -0.15) is 5.26 Å². The maximum absolute atomic E-state index is 12.3. The van der Waals surface area contributed by atoms with Crippen LogP contribution in [0.3, 0.4) is 0 Å². The number of thioether (sulfide) groups is 1. The Kier molecular flexibility index (Phi) is 6.57. The predicted octanol–water partition coefficient (Wildman–Crippen LogP) is 5.34. The number of nitrogens with zero attached hydrogens (tertiary/aromatic N) is 2. The molecule has 0 saturated carbocycles. The first kappa shape index (κ1) is 19.5. The Morgan fingerprint density at radius 2 is 1.93 bits per heavy atom. The Morgan fingerprint density at radius 1 is 1.15 bits per heavy atom. The number of nitrogens with one attached hydrogen (secondary N) is 1. The third kappa shape index (κ3) is 4.92. The zero-order chi connectivity index (χ0) is 19.2. The molecule has 4 nitrogen and oxygen atoms in total. The molecule has 27 heavy (non-hydrogen) atoms. The number of aryl methyl sites for hydroxylation is 1. The van der Waals surface area contributed by atoms with E-state index in [9.17, 15) is 10.1 Å². The highest BCUT2D eigenvalue weighted by Gasteiger charge is 2.16. The van der Waals surface area contributed by atoms with Gasteiger partial charge in [0.15, 0.2) is 5.16 Å². The van der Waals surface area contributed by atoms with E-state index in [0.717, 1.165) is 18.6 Å². The lowest BCUT2D eigenvalue weighted by atomic mass is 10.1. The van der Waals surface area contributed by atoms with Crippen molar-refractivity contribution < 1.29 is 0 Å². The summed E-state index contributed by atoms with van der Waals surface area (Å²) >= 11 is 13.6. The Hall–Kier alpha value is -2.26. The van der Waals surface area contributed by atoms with Crippen LogP contribution in [-0.4, -0.2) is 15.7 Å². The summed E-state index contributed by atoms with van der Waals surface area (Å²) in [6.45, 7) is 0. The summed E-state index contributed by atoms with van der Waals surface area (Å²) in [4.78, 5) is 19.4. The van der Waals surface area contributed by atoms with E-state index in [0.29, 0.717) is 20.8 Å². The van der Waals surface area contributed by atoms with Crippen LogP contribution in [0, 0.1) is 11.3 Å². The first-order valence-electron chi connectivity index (χ1n) is 8.25. The van der Waals surface area contributed by atoms with Crippen molar-refractivity contribution in [3.63, 3.8) is 0 Å². The molecule has 0 saturated heterocycles. The quantitative estimate of drug-likeness (QED) is 0.335. The summed E-state index contributed by atoms with van der Waals surface area (Å²) in [7, 11) is 0. The van der Waals surface area contributed by atoms with Gasteiger partial charge in [0, 0.05) is 16.3 Å². The molecule has 136 valence electrons. The second kappa shape index (κ2) is 9.09. The molecule has 0 unspecified atom stereocenters. The third-order valence-corrected chi connectivity index (χ3v) is 5.39. The Labute approximate surface area is 171 Å².